The lowest BCUT2D eigenvalue weighted by atomic mass is 9.69. The molecule has 0 N–H and O–H groups in total. The Kier molecular flexibility index (Phi) is 14.7. The third kappa shape index (κ3) is 10.5. The highest BCUT2D eigenvalue weighted by Crippen LogP contribution is 2.69. The molecule has 0 aliphatic heterocycles. The van der Waals surface area contributed by atoms with Gasteiger partial charge in [-0.15, -0.1) is 0 Å². The van der Waals surface area contributed by atoms with Gasteiger partial charge in [0.2, 0.25) is 22.8 Å². The normalized spacial score (nSPS) is 24.5. The van der Waals surface area contributed by atoms with Crippen LogP contribution in [0.3, 0.4) is 0 Å². The molecule has 4 heteroatoms. The van der Waals surface area contributed by atoms with Gasteiger partial charge in [0.15, 0.2) is 24.8 Å². The highest BCUT2D eigenvalue weighted by atomic mass is 15.0. The van der Waals surface area contributed by atoms with Crippen molar-refractivity contribution in [3.8, 4) is 45.0 Å². The standard InChI is InChI=1S/2C22H28N.2C21H28N/c2*1-14-7-8-16(15(2)11-14)20-12-17-18-9-10-22(5,21(18,3)4)19(17)13-23(20)6;1-14-8-9-16(15(2)10-14)19-11-17-18(12-22(19)7)21(5,6)13-20(17,3)4;1-14-8-9-16(15(2)12-14)19-18-17(10-11-22(19)7)20(3,4)13-21(18,5)6/h2*7-8,11-13,18H,9-10H2,1-6H3;2*8-12H,13H2,1-7H3/q4*+1/i1D3,18D;;;. The van der Waals surface area contributed by atoms with Crippen molar-refractivity contribution in [2.75, 3.05) is 0 Å². The summed E-state index contributed by atoms with van der Waals surface area (Å²) in [4.78, 5) is 0. The number of aryl methyl sites for hydroxylation is 12. The molecule has 4 heterocycles. The van der Waals surface area contributed by atoms with Gasteiger partial charge < -0.3 is 0 Å². The lowest BCUT2D eigenvalue weighted by molar-refractivity contribution is -0.661. The highest BCUT2D eigenvalue weighted by Gasteiger charge is 2.62. The van der Waals surface area contributed by atoms with Gasteiger partial charge in [0.25, 0.3) is 0 Å². The molecule has 0 spiro atoms. The topological polar surface area (TPSA) is 15.5 Å². The summed E-state index contributed by atoms with van der Waals surface area (Å²) in [7, 11) is 8.61. The second-order valence-electron chi connectivity index (χ2n) is 33.4. The zero-order chi connectivity index (χ0) is 69.1. The molecule has 0 radical (unpaired) electrons. The monoisotopic (exact) mass is 1200 g/mol. The Hall–Kier alpha value is -6.52. The fourth-order valence-electron chi connectivity index (χ4n) is 19.1. The number of aromatic nitrogens is 4. The van der Waals surface area contributed by atoms with Gasteiger partial charge in [-0.05, 0) is 207 Å². The second kappa shape index (κ2) is 22.1. The largest absolute Gasteiger partial charge is 0.216 e. The fraction of sp³-hybridized carbons (Fsp3) is 0.488. The van der Waals surface area contributed by atoms with Gasteiger partial charge >= 0.3 is 0 Å². The van der Waals surface area contributed by atoms with E-state index in [1.165, 1.54) is 121 Å². The minimum atomic E-state index is -2.09. The molecular weight excluding hydrogens is 1090 g/mol. The molecule has 4 aromatic heterocycles. The van der Waals surface area contributed by atoms with Crippen molar-refractivity contribution < 1.29 is 23.8 Å². The van der Waals surface area contributed by atoms with Crippen molar-refractivity contribution in [3.05, 3.63) is 211 Å². The van der Waals surface area contributed by atoms with E-state index < -0.39 is 12.7 Å². The quantitative estimate of drug-likeness (QED) is 0.156. The van der Waals surface area contributed by atoms with Crippen LogP contribution < -0.4 is 18.3 Å². The Morgan fingerprint density at radius 3 is 1.30 bits per heavy atom. The Labute approximate surface area is 550 Å². The molecule has 4 atom stereocenters. The molecule has 8 aromatic rings. The molecule has 2 saturated carbocycles. The van der Waals surface area contributed by atoms with E-state index in [0.29, 0.717) is 22.3 Å². The molecule has 6 aliphatic carbocycles. The molecule has 4 unspecified atom stereocenters. The Morgan fingerprint density at radius 2 is 0.789 bits per heavy atom. The Morgan fingerprint density at radius 1 is 0.389 bits per heavy atom. The number of rotatable bonds is 4. The number of benzene rings is 4. The zero-order valence-electron chi connectivity index (χ0n) is 64.2. The van der Waals surface area contributed by atoms with Crippen LogP contribution in [0.15, 0.2) is 122 Å². The summed E-state index contributed by atoms with van der Waals surface area (Å²) in [5.41, 5.74) is 33.0. The van der Waals surface area contributed by atoms with Gasteiger partial charge in [-0.2, -0.15) is 0 Å². The van der Waals surface area contributed by atoms with E-state index in [0.717, 1.165) is 35.2 Å². The van der Waals surface area contributed by atoms with E-state index in [2.05, 4.69) is 282 Å². The lowest BCUT2D eigenvalue weighted by Crippen LogP contribution is -2.36. The third-order valence-corrected chi connectivity index (χ3v) is 24.4. The van der Waals surface area contributed by atoms with Crippen molar-refractivity contribution in [1.82, 2.24) is 0 Å². The van der Waals surface area contributed by atoms with Crippen molar-refractivity contribution in [2.45, 2.75) is 235 Å². The van der Waals surface area contributed by atoms with Crippen LogP contribution in [0.4, 0.5) is 0 Å². The van der Waals surface area contributed by atoms with Crippen LogP contribution in [0.2, 0.25) is 0 Å². The highest BCUT2D eigenvalue weighted by molar-refractivity contribution is 5.70. The molecular formula is C86H112N4+4. The Bertz CT molecular complexity index is 4390. The first-order valence-corrected chi connectivity index (χ1v) is 33.8. The third-order valence-electron chi connectivity index (χ3n) is 24.4. The summed E-state index contributed by atoms with van der Waals surface area (Å²) in [6.45, 7) is 46.3. The van der Waals surface area contributed by atoms with Gasteiger partial charge in [-0.25, -0.2) is 18.3 Å². The first-order valence-electron chi connectivity index (χ1n) is 35.8. The molecule has 2 fully saturated rings. The van der Waals surface area contributed by atoms with Crippen LogP contribution in [-0.2, 0) is 60.7 Å². The van der Waals surface area contributed by atoms with Crippen molar-refractivity contribution >= 4 is 0 Å². The summed E-state index contributed by atoms with van der Waals surface area (Å²) in [6.07, 6.45) is 16.3. The SMILES string of the molecule is Cc1ccc(-c2c3c(cc[n+]2C)C(C)(C)CC3(C)C)c(C)c1.Cc1ccc(-c2cc3c(c[n+]2C)C(C)(C)CC3(C)C)c(C)c1.Cc1ccc(-c2cc3c(c[n+]2C)C2(C)CCC3C2(C)C)c(C)c1.[2H]C([2H])([2H])c1ccc(-c2cc3c(c[n+]2C)C2(C)CCC3([2H])C2(C)C)c(C)c1. The van der Waals surface area contributed by atoms with E-state index in [4.69, 9.17) is 4.11 Å². The fourth-order valence-corrected chi connectivity index (χ4v) is 19.1. The number of fused-ring (bicyclic) bond motifs is 12. The first-order chi connectivity index (χ1) is 43.3. The lowest BCUT2D eigenvalue weighted by Gasteiger charge is -2.34. The minimum absolute atomic E-state index is 0.0283. The predicted molar refractivity (Wildman–Crippen MR) is 378 cm³/mol. The molecule has 14 rings (SSSR count). The van der Waals surface area contributed by atoms with Gasteiger partial charge in [-0.1, -0.05) is 168 Å². The molecule has 4 bridgehead atoms. The molecule has 4 nitrogen and oxygen atoms in total. The number of hydrogen-bond acceptors (Lipinski definition) is 0. The summed E-state index contributed by atoms with van der Waals surface area (Å²) >= 11 is 0. The van der Waals surface area contributed by atoms with Crippen LogP contribution in [0, 0.1) is 66.1 Å². The molecule has 6 aliphatic rings. The van der Waals surface area contributed by atoms with E-state index in [-0.39, 0.29) is 32.5 Å². The van der Waals surface area contributed by atoms with Gasteiger partial charge in [0.05, 0.1) is 0 Å². The maximum Gasteiger partial charge on any atom is 0.216 e. The molecule has 472 valence electrons. The first kappa shape index (κ1) is 59.8. The number of nitrogens with zero attached hydrogens (tertiary/aromatic N) is 4. The van der Waals surface area contributed by atoms with Crippen LogP contribution >= 0.6 is 0 Å². The van der Waals surface area contributed by atoms with E-state index >= 15 is 0 Å². The Balaban J connectivity index is 0.000000128. The van der Waals surface area contributed by atoms with Crippen molar-refractivity contribution in [1.29, 1.82) is 0 Å². The summed E-state index contributed by atoms with van der Waals surface area (Å²) < 4.78 is 41.3. The van der Waals surface area contributed by atoms with Crippen molar-refractivity contribution in [3.63, 3.8) is 0 Å². The summed E-state index contributed by atoms with van der Waals surface area (Å²) in [6, 6.07) is 35.2. The van der Waals surface area contributed by atoms with E-state index in [9.17, 15) is 1.37 Å². The van der Waals surface area contributed by atoms with E-state index in [1.54, 1.807) is 23.3 Å². The maximum absolute atomic E-state index is 9.30. The van der Waals surface area contributed by atoms with E-state index in [1.807, 2.05) is 20.0 Å². The summed E-state index contributed by atoms with van der Waals surface area (Å²) in [5.74, 6) is 0.153. The van der Waals surface area contributed by atoms with Crippen LogP contribution in [0.25, 0.3) is 45.0 Å². The zero-order valence-corrected chi connectivity index (χ0v) is 60.2. The minimum Gasteiger partial charge on any atom is -0.201 e. The number of pyridine rings is 4. The molecule has 4 aromatic carbocycles. The summed E-state index contributed by atoms with van der Waals surface area (Å²) in [5, 5.41) is 0. The average molecular weight is 1210 g/mol. The smallest absolute Gasteiger partial charge is 0.201 e. The maximum atomic E-state index is 9.30. The van der Waals surface area contributed by atoms with Gasteiger partial charge in [0, 0.05) is 85.1 Å². The average Bonchev–Trinajstić information content (AvgIpc) is 1.51. The number of hydrogen-bond donors (Lipinski definition) is 0. The van der Waals surface area contributed by atoms with Crippen LogP contribution in [-0.4, -0.2) is 0 Å². The predicted octanol–water partition coefficient (Wildman–Crippen LogP) is 19.4. The molecule has 90 heavy (non-hydrogen) atoms. The second-order valence-corrected chi connectivity index (χ2v) is 33.4. The molecule has 0 saturated heterocycles. The van der Waals surface area contributed by atoms with Crippen LogP contribution in [0.1, 0.15) is 242 Å². The van der Waals surface area contributed by atoms with Gasteiger partial charge in [-0.3, -0.25) is 0 Å². The van der Waals surface area contributed by atoms with Crippen LogP contribution in [0.5, 0.6) is 0 Å². The van der Waals surface area contributed by atoms with Crippen molar-refractivity contribution in [2.24, 2.45) is 39.0 Å². The molecule has 0 amide bonds. The van der Waals surface area contributed by atoms with Gasteiger partial charge in [0.1, 0.15) is 28.2 Å².